The minimum Gasteiger partial charge on any atom is -0.490 e. The fourth-order valence-corrected chi connectivity index (χ4v) is 3.83. The molecule has 0 bridgehead atoms. The highest BCUT2D eigenvalue weighted by molar-refractivity contribution is 5.85. The molecule has 0 radical (unpaired) electrons. The fourth-order valence-electron chi connectivity index (χ4n) is 3.83. The Kier molecular flexibility index (Phi) is 9.35. The van der Waals surface area contributed by atoms with Crippen molar-refractivity contribution in [1.29, 1.82) is 0 Å². The number of hydrogen-bond acceptors (Lipinski definition) is 5. The minimum absolute atomic E-state index is 0. The van der Waals surface area contributed by atoms with Crippen LogP contribution in [0.4, 0.5) is 0 Å². The number of amides is 1. The van der Waals surface area contributed by atoms with Crippen LogP contribution in [0.3, 0.4) is 0 Å². The lowest BCUT2D eigenvalue weighted by Crippen LogP contribution is -2.48. The Labute approximate surface area is 175 Å². The van der Waals surface area contributed by atoms with Crippen molar-refractivity contribution in [3.63, 3.8) is 0 Å². The molecule has 0 aliphatic carbocycles. The maximum atomic E-state index is 12.3. The Hall–Kier alpha value is -1.50. The summed E-state index contributed by atoms with van der Waals surface area (Å²) in [6, 6.07) is 6.59. The lowest BCUT2D eigenvalue weighted by Gasteiger charge is -2.32. The summed E-state index contributed by atoms with van der Waals surface area (Å²) >= 11 is 0. The summed E-state index contributed by atoms with van der Waals surface area (Å²) in [6.45, 7) is 10.6. The second-order valence-electron chi connectivity index (χ2n) is 7.53. The van der Waals surface area contributed by atoms with Gasteiger partial charge in [0.25, 0.3) is 5.91 Å². The van der Waals surface area contributed by atoms with Crippen LogP contribution in [0.5, 0.6) is 11.5 Å². The molecular weight excluding hydrogens is 378 g/mol. The van der Waals surface area contributed by atoms with Crippen molar-refractivity contribution < 1.29 is 14.3 Å². The van der Waals surface area contributed by atoms with Gasteiger partial charge in [-0.1, -0.05) is 6.07 Å². The molecule has 0 saturated carbocycles. The molecule has 6 nitrogen and oxygen atoms in total. The monoisotopic (exact) mass is 411 g/mol. The first kappa shape index (κ1) is 22.8. The molecule has 0 spiro atoms. The van der Waals surface area contributed by atoms with Crippen molar-refractivity contribution in [2.45, 2.75) is 45.7 Å². The zero-order valence-electron chi connectivity index (χ0n) is 17.1. The van der Waals surface area contributed by atoms with Crippen molar-refractivity contribution in [2.75, 3.05) is 45.9 Å². The molecule has 158 valence electrons. The number of piperazine rings is 1. The number of carbonyl (C=O) groups is 1. The van der Waals surface area contributed by atoms with E-state index in [1.165, 1.54) is 12.0 Å². The third-order valence-electron chi connectivity index (χ3n) is 5.23. The van der Waals surface area contributed by atoms with E-state index in [0.717, 1.165) is 57.9 Å². The Morgan fingerprint density at radius 1 is 1.14 bits per heavy atom. The summed E-state index contributed by atoms with van der Waals surface area (Å²) in [5, 5.41) is 3.47. The number of nitrogens with zero attached hydrogens (tertiary/aromatic N) is 2. The largest absolute Gasteiger partial charge is 0.490 e. The standard InChI is InChI=1S/C21H33N3O3.ClH/c1-3-26-20-13-18(15-23-12-9-22-17(2)14-23)7-8-19(20)27-16-21(25)24-10-5-4-6-11-24;/h7-8,13,17,22H,3-6,9-12,14-16H2,1-2H3;1H/t17-;/m0./s1. The molecule has 2 saturated heterocycles. The molecular formula is C21H34ClN3O3. The minimum atomic E-state index is 0. The van der Waals surface area contributed by atoms with E-state index in [9.17, 15) is 4.79 Å². The number of rotatable bonds is 7. The van der Waals surface area contributed by atoms with E-state index in [0.29, 0.717) is 18.4 Å². The molecule has 7 heteroatoms. The van der Waals surface area contributed by atoms with Gasteiger partial charge < -0.3 is 19.7 Å². The molecule has 2 heterocycles. The summed E-state index contributed by atoms with van der Waals surface area (Å²) in [5.74, 6) is 1.44. The van der Waals surface area contributed by atoms with Crippen LogP contribution in [0.15, 0.2) is 18.2 Å². The summed E-state index contributed by atoms with van der Waals surface area (Å²) in [7, 11) is 0. The van der Waals surface area contributed by atoms with Gasteiger partial charge in [-0.3, -0.25) is 9.69 Å². The van der Waals surface area contributed by atoms with Crippen LogP contribution >= 0.6 is 12.4 Å². The lowest BCUT2D eigenvalue weighted by molar-refractivity contribution is -0.134. The van der Waals surface area contributed by atoms with Gasteiger partial charge in [0.15, 0.2) is 18.1 Å². The molecule has 1 amide bonds. The second-order valence-corrected chi connectivity index (χ2v) is 7.53. The van der Waals surface area contributed by atoms with Crippen LogP contribution in [0, 0.1) is 0 Å². The van der Waals surface area contributed by atoms with E-state index >= 15 is 0 Å². The molecule has 1 aromatic carbocycles. The highest BCUT2D eigenvalue weighted by atomic mass is 35.5. The predicted molar refractivity (Wildman–Crippen MR) is 114 cm³/mol. The van der Waals surface area contributed by atoms with Gasteiger partial charge in [-0.15, -0.1) is 12.4 Å². The topological polar surface area (TPSA) is 54.0 Å². The van der Waals surface area contributed by atoms with Crippen LogP contribution in [-0.4, -0.2) is 67.7 Å². The average Bonchev–Trinajstić information content (AvgIpc) is 2.68. The molecule has 0 unspecified atom stereocenters. The van der Waals surface area contributed by atoms with Gasteiger partial charge in [-0.25, -0.2) is 0 Å². The SMILES string of the molecule is CCOc1cc(CN2CCN[C@@H](C)C2)ccc1OCC(=O)N1CCCCC1.Cl. The highest BCUT2D eigenvalue weighted by Gasteiger charge is 2.19. The molecule has 2 aliphatic rings. The number of hydrogen-bond donors (Lipinski definition) is 1. The first-order chi connectivity index (χ1) is 13.2. The number of piperidine rings is 1. The molecule has 28 heavy (non-hydrogen) atoms. The molecule has 3 rings (SSSR count). The van der Waals surface area contributed by atoms with Gasteiger partial charge in [0.05, 0.1) is 6.61 Å². The Morgan fingerprint density at radius 2 is 1.93 bits per heavy atom. The van der Waals surface area contributed by atoms with Gasteiger partial charge in [0.2, 0.25) is 0 Å². The fraction of sp³-hybridized carbons (Fsp3) is 0.667. The smallest absolute Gasteiger partial charge is 0.260 e. The van der Waals surface area contributed by atoms with E-state index in [2.05, 4.69) is 29.3 Å². The first-order valence-electron chi connectivity index (χ1n) is 10.3. The van der Waals surface area contributed by atoms with Gasteiger partial charge in [-0.2, -0.15) is 0 Å². The number of likely N-dealkylation sites (tertiary alicyclic amines) is 1. The zero-order valence-corrected chi connectivity index (χ0v) is 17.9. The van der Waals surface area contributed by atoms with Crippen molar-refractivity contribution in [3.05, 3.63) is 23.8 Å². The van der Waals surface area contributed by atoms with Gasteiger partial charge in [0.1, 0.15) is 0 Å². The number of ether oxygens (including phenoxy) is 2. The summed E-state index contributed by atoms with van der Waals surface area (Å²) in [6.07, 6.45) is 3.40. The van der Waals surface area contributed by atoms with Crippen molar-refractivity contribution >= 4 is 18.3 Å². The third kappa shape index (κ3) is 6.54. The quantitative estimate of drug-likeness (QED) is 0.747. The number of benzene rings is 1. The maximum Gasteiger partial charge on any atom is 0.260 e. The summed E-state index contributed by atoms with van der Waals surface area (Å²) in [5.41, 5.74) is 1.21. The van der Waals surface area contributed by atoms with Crippen LogP contribution in [-0.2, 0) is 11.3 Å². The number of halogens is 1. The highest BCUT2D eigenvalue weighted by Crippen LogP contribution is 2.29. The average molecular weight is 412 g/mol. The summed E-state index contributed by atoms with van der Waals surface area (Å²) < 4.78 is 11.6. The Balaban J connectivity index is 0.00000280. The van der Waals surface area contributed by atoms with Gasteiger partial charge in [-0.05, 0) is 50.8 Å². The summed E-state index contributed by atoms with van der Waals surface area (Å²) in [4.78, 5) is 16.7. The third-order valence-corrected chi connectivity index (χ3v) is 5.23. The molecule has 1 aromatic rings. The van der Waals surface area contributed by atoms with Crippen LogP contribution in [0.1, 0.15) is 38.7 Å². The van der Waals surface area contributed by atoms with Crippen LogP contribution < -0.4 is 14.8 Å². The van der Waals surface area contributed by atoms with Gasteiger partial charge in [0, 0.05) is 45.3 Å². The van der Waals surface area contributed by atoms with Gasteiger partial charge >= 0.3 is 0 Å². The molecule has 1 atom stereocenters. The van der Waals surface area contributed by atoms with E-state index in [1.807, 2.05) is 17.9 Å². The molecule has 0 aromatic heterocycles. The van der Waals surface area contributed by atoms with E-state index in [4.69, 9.17) is 9.47 Å². The van der Waals surface area contributed by atoms with Crippen molar-refractivity contribution in [1.82, 2.24) is 15.1 Å². The van der Waals surface area contributed by atoms with Crippen molar-refractivity contribution in [3.8, 4) is 11.5 Å². The number of nitrogens with one attached hydrogen (secondary N) is 1. The van der Waals surface area contributed by atoms with E-state index < -0.39 is 0 Å². The molecule has 1 N–H and O–H groups in total. The van der Waals surface area contributed by atoms with Crippen molar-refractivity contribution in [2.24, 2.45) is 0 Å². The van der Waals surface area contributed by atoms with E-state index in [1.54, 1.807) is 0 Å². The maximum absolute atomic E-state index is 12.3. The van der Waals surface area contributed by atoms with Crippen LogP contribution in [0.25, 0.3) is 0 Å². The van der Waals surface area contributed by atoms with E-state index in [-0.39, 0.29) is 24.9 Å². The Morgan fingerprint density at radius 3 is 2.64 bits per heavy atom. The Bertz CT molecular complexity index is 623. The zero-order chi connectivity index (χ0) is 19.1. The first-order valence-corrected chi connectivity index (χ1v) is 10.3. The molecule has 2 aliphatic heterocycles. The number of carbonyl (C=O) groups excluding carboxylic acids is 1. The molecule has 2 fully saturated rings. The van der Waals surface area contributed by atoms with Crippen LogP contribution in [0.2, 0.25) is 0 Å². The second kappa shape index (κ2) is 11.5. The normalized spacial score (nSPS) is 20.4. The predicted octanol–water partition coefficient (Wildman–Crippen LogP) is 2.69. The lowest BCUT2D eigenvalue weighted by atomic mass is 10.1.